The van der Waals surface area contributed by atoms with Crippen molar-refractivity contribution in [2.75, 3.05) is 6.54 Å². The van der Waals surface area contributed by atoms with E-state index >= 15 is 0 Å². The normalized spacial score (nSPS) is 12.1. The van der Waals surface area contributed by atoms with Gasteiger partial charge in [-0.3, -0.25) is 0 Å². The standard InChI is InChI=1S/C13H21ClN2O2S/c1-10(2)4-3-7-16-19(17,18)13-6-5-11(9-15)8-12(13)14/h5-6,8,10,16H,3-4,7,9,15H2,1-2H3. The smallest absolute Gasteiger partial charge is 0.242 e. The summed E-state index contributed by atoms with van der Waals surface area (Å²) in [6.07, 6.45) is 1.80. The Labute approximate surface area is 120 Å². The first-order valence-corrected chi connectivity index (χ1v) is 8.21. The van der Waals surface area contributed by atoms with Gasteiger partial charge in [-0.05, 0) is 36.5 Å². The van der Waals surface area contributed by atoms with Gasteiger partial charge in [0.05, 0.1) is 5.02 Å². The molecule has 1 aromatic rings. The Balaban J connectivity index is 2.72. The van der Waals surface area contributed by atoms with Gasteiger partial charge in [0.15, 0.2) is 0 Å². The van der Waals surface area contributed by atoms with E-state index in [1.54, 1.807) is 12.1 Å². The zero-order valence-electron chi connectivity index (χ0n) is 11.3. The summed E-state index contributed by atoms with van der Waals surface area (Å²) in [5.74, 6) is 0.567. The van der Waals surface area contributed by atoms with Gasteiger partial charge in [0, 0.05) is 13.1 Å². The lowest BCUT2D eigenvalue weighted by molar-refractivity contribution is 0.540. The topological polar surface area (TPSA) is 72.2 Å². The molecule has 0 atom stereocenters. The van der Waals surface area contributed by atoms with Crippen LogP contribution in [0.2, 0.25) is 5.02 Å². The SMILES string of the molecule is CC(C)CCCNS(=O)(=O)c1ccc(CN)cc1Cl. The van der Waals surface area contributed by atoms with Gasteiger partial charge in [0.25, 0.3) is 0 Å². The van der Waals surface area contributed by atoms with Crippen LogP contribution >= 0.6 is 11.6 Å². The predicted octanol–water partition coefficient (Wildman–Crippen LogP) is 2.51. The number of halogens is 1. The number of benzene rings is 1. The van der Waals surface area contributed by atoms with Gasteiger partial charge >= 0.3 is 0 Å². The zero-order chi connectivity index (χ0) is 14.5. The van der Waals surface area contributed by atoms with Crippen molar-refractivity contribution in [1.29, 1.82) is 0 Å². The van der Waals surface area contributed by atoms with Crippen molar-refractivity contribution in [2.24, 2.45) is 11.7 Å². The third kappa shape index (κ3) is 5.10. The van der Waals surface area contributed by atoms with Gasteiger partial charge < -0.3 is 5.73 Å². The molecule has 108 valence electrons. The first-order chi connectivity index (χ1) is 8.86. The average Bonchev–Trinajstić information content (AvgIpc) is 2.34. The summed E-state index contributed by atoms with van der Waals surface area (Å²) in [6.45, 7) is 4.98. The quantitative estimate of drug-likeness (QED) is 0.760. The van der Waals surface area contributed by atoms with E-state index in [0.717, 1.165) is 18.4 Å². The molecule has 0 aromatic heterocycles. The highest BCUT2D eigenvalue weighted by Crippen LogP contribution is 2.22. The molecule has 6 heteroatoms. The zero-order valence-corrected chi connectivity index (χ0v) is 12.9. The molecule has 0 amide bonds. The summed E-state index contributed by atoms with van der Waals surface area (Å²) in [4.78, 5) is 0.107. The van der Waals surface area contributed by atoms with E-state index in [2.05, 4.69) is 18.6 Å². The Morgan fingerprint density at radius 1 is 1.37 bits per heavy atom. The van der Waals surface area contributed by atoms with E-state index < -0.39 is 10.0 Å². The Morgan fingerprint density at radius 2 is 2.05 bits per heavy atom. The monoisotopic (exact) mass is 304 g/mol. The van der Waals surface area contributed by atoms with Crippen LogP contribution in [0.25, 0.3) is 0 Å². The summed E-state index contributed by atoms with van der Waals surface area (Å²) in [5.41, 5.74) is 6.29. The number of nitrogens with two attached hydrogens (primary N) is 1. The van der Waals surface area contributed by atoms with E-state index in [-0.39, 0.29) is 9.92 Å². The molecule has 0 fully saturated rings. The van der Waals surface area contributed by atoms with E-state index in [9.17, 15) is 8.42 Å². The first-order valence-electron chi connectivity index (χ1n) is 6.35. The second kappa shape index (κ2) is 7.24. The van der Waals surface area contributed by atoms with Crippen molar-refractivity contribution in [3.05, 3.63) is 28.8 Å². The Hall–Kier alpha value is -0.620. The van der Waals surface area contributed by atoms with Crippen LogP contribution in [0.3, 0.4) is 0 Å². The summed E-state index contributed by atoms with van der Waals surface area (Å²) in [6, 6.07) is 4.76. The molecular weight excluding hydrogens is 284 g/mol. The van der Waals surface area contributed by atoms with Gasteiger partial charge in [-0.15, -0.1) is 0 Å². The number of sulfonamides is 1. The van der Waals surface area contributed by atoms with Gasteiger partial charge in [-0.2, -0.15) is 0 Å². The Morgan fingerprint density at radius 3 is 2.58 bits per heavy atom. The molecule has 0 heterocycles. The fourth-order valence-electron chi connectivity index (χ4n) is 1.68. The van der Waals surface area contributed by atoms with E-state index in [1.165, 1.54) is 6.07 Å². The number of nitrogens with one attached hydrogen (secondary N) is 1. The summed E-state index contributed by atoms with van der Waals surface area (Å²) in [5, 5.41) is 0.208. The maximum absolute atomic E-state index is 12.1. The number of hydrogen-bond acceptors (Lipinski definition) is 3. The Kier molecular flexibility index (Phi) is 6.26. The van der Waals surface area contributed by atoms with Crippen molar-refractivity contribution in [3.63, 3.8) is 0 Å². The van der Waals surface area contributed by atoms with Crippen LogP contribution in [0.15, 0.2) is 23.1 Å². The molecular formula is C13H21ClN2O2S. The highest BCUT2D eigenvalue weighted by atomic mass is 35.5. The fraction of sp³-hybridized carbons (Fsp3) is 0.538. The van der Waals surface area contributed by atoms with Crippen LogP contribution < -0.4 is 10.5 Å². The van der Waals surface area contributed by atoms with Gasteiger partial charge in [0.2, 0.25) is 10.0 Å². The summed E-state index contributed by atoms with van der Waals surface area (Å²) >= 11 is 5.98. The largest absolute Gasteiger partial charge is 0.326 e. The molecule has 4 nitrogen and oxygen atoms in total. The van der Waals surface area contributed by atoms with Crippen molar-refractivity contribution in [3.8, 4) is 0 Å². The van der Waals surface area contributed by atoms with Gasteiger partial charge in [0.1, 0.15) is 4.90 Å². The van der Waals surface area contributed by atoms with E-state index in [4.69, 9.17) is 17.3 Å². The summed E-state index contributed by atoms with van der Waals surface area (Å²) < 4.78 is 26.7. The molecule has 19 heavy (non-hydrogen) atoms. The minimum atomic E-state index is -3.54. The minimum Gasteiger partial charge on any atom is -0.326 e. The maximum atomic E-state index is 12.1. The minimum absolute atomic E-state index is 0.107. The van der Waals surface area contributed by atoms with Crippen LogP contribution in [-0.4, -0.2) is 15.0 Å². The highest BCUT2D eigenvalue weighted by molar-refractivity contribution is 7.89. The van der Waals surface area contributed by atoms with Crippen molar-refractivity contribution >= 4 is 21.6 Å². The second-order valence-corrected chi connectivity index (χ2v) is 7.05. The van der Waals surface area contributed by atoms with Crippen LogP contribution in [0.5, 0.6) is 0 Å². The van der Waals surface area contributed by atoms with Crippen molar-refractivity contribution < 1.29 is 8.42 Å². The maximum Gasteiger partial charge on any atom is 0.242 e. The molecule has 0 bridgehead atoms. The molecule has 0 aliphatic carbocycles. The molecule has 0 radical (unpaired) electrons. The Bertz CT molecular complexity index is 515. The van der Waals surface area contributed by atoms with Crippen molar-refractivity contribution in [1.82, 2.24) is 4.72 Å². The molecule has 0 saturated carbocycles. The van der Waals surface area contributed by atoms with Crippen molar-refractivity contribution in [2.45, 2.75) is 38.1 Å². The van der Waals surface area contributed by atoms with E-state index in [0.29, 0.717) is 19.0 Å². The molecule has 3 N–H and O–H groups in total. The van der Waals surface area contributed by atoms with E-state index in [1.807, 2.05) is 0 Å². The predicted molar refractivity (Wildman–Crippen MR) is 78.6 cm³/mol. The number of hydrogen-bond donors (Lipinski definition) is 2. The fourth-order valence-corrected chi connectivity index (χ4v) is 3.32. The van der Waals surface area contributed by atoms with Gasteiger partial charge in [-0.25, -0.2) is 13.1 Å². The molecule has 0 spiro atoms. The van der Waals surface area contributed by atoms with Crippen LogP contribution in [0.1, 0.15) is 32.3 Å². The lowest BCUT2D eigenvalue weighted by Crippen LogP contribution is -2.25. The second-order valence-electron chi connectivity index (χ2n) is 4.90. The lowest BCUT2D eigenvalue weighted by atomic mass is 10.1. The third-order valence-corrected chi connectivity index (χ3v) is 4.72. The third-order valence-electron chi connectivity index (χ3n) is 2.77. The lowest BCUT2D eigenvalue weighted by Gasteiger charge is -2.10. The molecule has 1 aromatic carbocycles. The molecule has 0 unspecified atom stereocenters. The highest BCUT2D eigenvalue weighted by Gasteiger charge is 2.17. The van der Waals surface area contributed by atoms with Crippen LogP contribution in [-0.2, 0) is 16.6 Å². The average molecular weight is 305 g/mol. The molecule has 0 aliphatic rings. The molecule has 1 rings (SSSR count). The molecule has 0 aliphatic heterocycles. The van der Waals surface area contributed by atoms with Crippen LogP contribution in [0, 0.1) is 5.92 Å². The summed E-state index contributed by atoms with van der Waals surface area (Å²) in [7, 11) is -3.54. The molecule has 0 saturated heterocycles. The first kappa shape index (κ1) is 16.4. The number of rotatable bonds is 7. The van der Waals surface area contributed by atoms with Crippen LogP contribution in [0.4, 0.5) is 0 Å². The van der Waals surface area contributed by atoms with Gasteiger partial charge in [-0.1, -0.05) is 31.5 Å².